The zero-order chi connectivity index (χ0) is 20.0. The lowest BCUT2D eigenvalue weighted by Gasteiger charge is -2.36. The van der Waals surface area contributed by atoms with E-state index in [0.29, 0.717) is 29.9 Å². The van der Waals surface area contributed by atoms with Gasteiger partial charge in [0.1, 0.15) is 11.6 Å². The Morgan fingerprint density at radius 3 is 2.72 bits per heavy atom. The van der Waals surface area contributed by atoms with Gasteiger partial charge in [0, 0.05) is 49.6 Å². The lowest BCUT2D eigenvalue weighted by atomic mass is 10.1. The molecule has 0 saturated carbocycles. The highest BCUT2D eigenvalue weighted by Gasteiger charge is 2.21. The quantitative estimate of drug-likeness (QED) is 0.548. The van der Waals surface area contributed by atoms with Crippen molar-refractivity contribution in [2.45, 2.75) is 6.42 Å². The number of benzene rings is 2. The molecule has 0 unspecified atom stereocenters. The van der Waals surface area contributed by atoms with Gasteiger partial charge in [-0.25, -0.2) is 13.6 Å². The van der Waals surface area contributed by atoms with Crippen LogP contribution in [-0.2, 0) is 6.42 Å². The second-order valence-electron chi connectivity index (χ2n) is 7.30. The summed E-state index contributed by atoms with van der Waals surface area (Å²) in [4.78, 5) is 18.4. The van der Waals surface area contributed by atoms with Gasteiger partial charge in [-0.3, -0.25) is 9.88 Å². The lowest BCUT2D eigenvalue weighted by molar-refractivity contribution is 0.261. The third-order valence-corrected chi connectivity index (χ3v) is 6.50. The molecule has 4 aromatic rings. The summed E-state index contributed by atoms with van der Waals surface area (Å²) in [7, 11) is 0. The molecule has 5 rings (SSSR count). The molecular weight excluding hydrogens is 396 g/mol. The van der Waals surface area contributed by atoms with E-state index in [4.69, 9.17) is 4.42 Å². The molecule has 8 heteroatoms. The van der Waals surface area contributed by atoms with Crippen LogP contribution in [0.1, 0.15) is 5.56 Å². The first-order valence-corrected chi connectivity index (χ1v) is 10.4. The Labute approximate surface area is 169 Å². The topological polar surface area (TPSA) is 52.5 Å². The molecule has 2 aromatic heterocycles. The van der Waals surface area contributed by atoms with Crippen molar-refractivity contribution in [1.82, 2.24) is 9.88 Å². The third kappa shape index (κ3) is 3.54. The second kappa shape index (κ2) is 7.27. The molecule has 0 amide bonds. The molecule has 1 aliphatic heterocycles. The molecule has 150 valence electrons. The van der Waals surface area contributed by atoms with E-state index in [0.717, 1.165) is 36.1 Å². The van der Waals surface area contributed by atoms with Crippen molar-refractivity contribution in [2.75, 3.05) is 37.6 Å². The number of fused-ring (bicyclic) bond motifs is 2. The number of aromatic amines is 1. The Balaban J connectivity index is 1.26. The van der Waals surface area contributed by atoms with Gasteiger partial charge in [-0.15, -0.1) is 11.3 Å². The highest BCUT2D eigenvalue weighted by molar-refractivity contribution is 7.17. The summed E-state index contributed by atoms with van der Waals surface area (Å²) in [6, 6.07) is 7.63. The average molecular weight is 415 g/mol. The van der Waals surface area contributed by atoms with E-state index < -0.39 is 11.6 Å². The fourth-order valence-electron chi connectivity index (χ4n) is 3.98. The number of thiophene rings is 1. The van der Waals surface area contributed by atoms with Gasteiger partial charge in [0.05, 0.1) is 11.2 Å². The van der Waals surface area contributed by atoms with E-state index in [-0.39, 0.29) is 5.82 Å². The number of rotatable bonds is 4. The standard InChI is InChI=1S/C21H19F2N3O2S/c22-14-1-2-19-16(9-14)13(12-29-19)3-4-25-5-7-26(8-6-25)18-11-15(23)10-17-20(18)28-21(27)24-17/h1-2,9-12H,3-8H2,(H,24,27). The van der Waals surface area contributed by atoms with Crippen molar-refractivity contribution in [3.05, 3.63) is 63.5 Å². The molecule has 0 aliphatic carbocycles. The van der Waals surface area contributed by atoms with Gasteiger partial charge in [0.15, 0.2) is 5.58 Å². The molecule has 29 heavy (non-hydrogen) atoms. The number of oxazole rings is 1. The number of halogens is 2. The summed E-state index contributed by atoms with van der Waals surface area (Å²) < 4.78 is 33.8. The van der Waals surface area contributed by atoms with Gasteiger partial charge in [0.2, 0.25) is 0 Å². The zero-order valence-electron chi connectivity index (χ0n) is 15.6. The number of H-pyrrole nitrogens is 1. The van der Waals surface area contributed by atoms with Gasteiger partial charge in [-0.1, -0.05) is 0 Å². The first-order chi connectivity index (χ1) is 14.1. The molecule has 2 aromatic carbocycles. The molecular formula is C21H19F2N3O2S. The molecule has 0 atom stereocenters. The average Bonchev–Trinajstić information content (AvgIpc) is 3.28. The van der Waals surface area contributed by atoms with Gasteiger partial charge in [-0.2, -0.15) is 0 Å². The molecule has 0 spiro atoms. The summed E-state index contributed by atoms with van der Waals surface area (Å²) in [5, 5.41) is 3.11. The molecule has 1 saturated heterocycles. The van der Waals surface area contributed by atoms with Gasteiger partial charge < -0.3 is 9.32 Å². The fraction of sp³-hybridized carbons (Fsp3) is 0.286. The number of nitrogens with one attached hydrogen (secondary N) is 1. The molecule has 0 bridgehead atoms. The maximum absolute atomic E-state index is 13.9. The predicted molar refractivity (Wildman–Crippen MR) is 111 cm³/mol. The summed E-state index contributed by atoms with van der Waals surface area (Å²) in [5.74, 6) is -1.18. The fourth-order valence-corrected chi connectivity index (χ4v) is 4.96. The Morgan fingerprint density at radius 1 is 1.07 bits per heavy atom. The predicted octanol–water partition coefficient (Wildman–Crippen LogP) is 3.98. The van der Waals surface area contributed by atoms with Crippen molar-refractivity contribution in [3.8, 4) is 0 Å². The molecule has 1 fully saturated rings. The number of anilines is 1. The summed E-state index contributed by atoms with van der Waals surface area (Å²) in [6.07, 6.45) is 0.861. The van der Waals surface area contributed by atoms with E-state index in [1.54, 1.807) is 17.4 Å². The maximum Gasteiger partial charge on any atom is 0.417 e. The maximum atomic E-state index is 13.9. The second-order valence-corrected chi connectivity index (χ2v) is 8.21. The molecule has 1 N–H and O–H groups in total. The Morgan fingerprint density at radius 2 is 1.90 bits per heavy atom. The Kier molecular flexibility index (Phi) is 4.60. The van der Waals surface area contributed by atoms with Crippen LogP contribution in [0.5, 0.6) is 0 Å². The molecule has 5 nitrogen and oxygen atoms in total. The number of hydrogen-bond acceptors (Lipinski definition) is 5. The van der Waals surface area contributed by atoms with Crippen LogP contribution in [0.3, 0.4) is 0 Å². The Bertz CT molecular complexity index is 1240. The number of aromatic nitrogens is 1. The van der Waals surface area contributed by atoms with Crippen molar-refractivity contribution < 1.29 is 13.2 Å². The minimum atomic E-state index is -0.579. The number of nitrogens with zero attached hydrogens (tertiary/aromatic N) is 2. The number of piperazine rings is 1. The van der Waals surface area contributed by atoms with Gasteiger partial charge in [0.25, 0.3) is 0 Å². The third-order valence-electron chi connectivity index (χ3n) is 5.49. The van der Waals surface area contributed by atoms with Crippen molar-refractivity contribution in [3.63, 3.8) is 0 Å². The number of hydrogen-bond donors (Lipinski definition) is 1. The van der Waals surface area contributed by atoms with Crippen LogP contribution in [0.15, 0.2) is 44.9 Å². The van der Waals surface area contributed by atoms with E-state index in [9.17, 15) is 13.6 Å². The first-order valence-electron chi connectivity index (χ1n) is 9.52. The summed E-state index contributed by atoms with van der Waals surface area (Å²) in [5.41, 5.74) is 2.56. The molecule has 0 radical (unpaired) electrons. The van der Waals surface area contributed by atoms with E-state index in [1.165, 1.54) is 23.8 Å². The van der Waals surface area contributed by atoms with Crippen LogP contribution in [0.2, 0.25) is 0 Å². The van der Waals surface area contributed by atoms with E-state index in [1.807, 2.05) is 11.0 Å². The van der Waals surface area contributed by atoms with Crippen LogP contribution in [0, 0.1) is 11.6 Å². The van der Waals surface area contributed by atoms with Crippen molar-refractivity contribution in [2.24, 2.45) is 0 Å². The van der Waals surface area contributed by atoms with Crippen LogP contribution >= 0.6 is 11.3 Å². The van der Waals surface area contributed by atoms with Gasteiger partial charge >= 0.3 is 5.76 Å². The minimum absolute atomic E-state index is 0.205. The summed E-state index contributed by atoms with van der Waals surface area (Å²) >= 11 is 1.64. The smallest absolute Gasteiger partial charge is 0.406 e. The first kappa shape index (κ1) is 18.3. The monoisotopic (exact) mass is 415 g/mol. The van der Waals surface area contributed by atoms with E-state index in [2.05, 4.69) is 15.3 Å². The van der Waals surface area contributed by atoms with E-state index >= 15 is 0 Å². The SMILES string of the molecule is O=c1[nH]c2cc(F)cc(N3CCN(CCc4csc5ccc(F)cc45)CC3)c2o1. The van der Waals surface area contributed by atoms with Crippen LogP contribution < -0.4 is 10.7 Å². The van der Waals surface area contributed by atoms with Crippen LogP contribution in [0.4, 0.5) is 14.5 Å². The minimum Gasteiger partial charge on any atom is -0.406 e. The highest BCUT2D eigenvalue weighted by Crippen LogP contribution is 2.29. The normalized spacial score (nSPS) is 15.6. The van der Waals surface area contributed by atoms with Crippen molar-refractivity contribution in [1.29, 1.82) is 0 Å². The summed E-state index contributed by atoms with van der Waals surface area (Å²) in [6.45, 7) is 3.96. The lowest BCUT2D eigenvalue weighted by Crippen LogP contribution is -2.47. The van der Waals surface area contributed by atoms with Crippen molar-refractivity contribution >= 4 is 38.2 Å². The Hall–Kier alpha value is -2.71. The largest absolute Gasteiger partial charge is 0.417 e. The van der Waals surface area contributed by atoms with Crippen LogP contribution in [0.25, 0.3) is 21.2 Å². The van der Waals surface area contributed by atoms with Gasteiger partial charge in [-0.05, 0) is 40.9 Å². The molecule has 3 heterocycles. The molecule has 1 aliphatic rings. The zero-order valence-corrected chi connectivity index (χ0v) is 16.4. The highest BCUT2D eigenvalue weighted by atomic mass is 32.1. The van der Waals surface area contributed by atoms with Crippen LogP contribution in [-0.4, -0.2) is 42.6 Å².